The number of hydrogen-bond donors (Lipinski definition) is 0. The molecule has 0 spiro atoms. The summed E-state index contributed by atoms with van der Waals surface area (Å²) in [6, 6.07) is 0. The van der Waals surface area contributed by atoms with E-state index in [0.29, 0.717) is 0 Å². The van der Waals surface area contributed by atoms with Gasteiger partial charge in [0.15, 0.2) is 0 Å². The summed E-state index contributed by atoms with van der Waals surface area (Å²) >= 11 is 0. The standard InChI is InChI=1S/C52H103N2/c1-4-7-10-13-16-19-22-24-26-27-28-30-32-35-38-41-44-47-52-53(48-45-42-39-36-33-21-18-15-12-9-6-3)50-51-54(52)49-46-43-40-37-34-31-29-25-23-20-17-14-11-8-5-2/h50-51H,4-49H2,1-3H3/q+1. The van der Waals surface area contributed by atoms with Crippen LogP contribution in [0.4, 0.5) is 0 Å². The van der Waals surface area contributed by atoms with Gasteiger partial charge in [-0.15, -0.1) is 0 Å². The molecule has 320 valence electrons. The summed E-state index contributed by atoms with van der Waals surface area (Å²) in [4.78, 5) is 0. The predicted molar refractivity (Wildman–Crippen MR) is 244 cm³/mol. The maximum atomic E-state index is 2.66. The number of rotatable bonds is 46. The summed E-state index contributed by atoms with van der Waals surface area (Å²) in [6.07, 6.45) is 68.3. The van der Waals surface area contributed by atoms with Gasteiger partial charge in [0.1, 0.15) is 12.4 Å². The maximum absolute atomic E-state index is 2.66. The summed E-state index contributed by atoms with van der Waals surface area (Å²) in [5.74, 6) is 1.63. The first-order chi connectivity index (χ1) is 26.8. The van der Waals surface area contributed by atoms with Gasteiger partial charge in [0.2, 0.25) is 0 Å². The van der Waals surface area contributed by atoms with Crippen LogP contribution in [0.25, 0.3) is 0 Å². The lowest BCUT2D eigenvalue weighted by Gasteiger charge is -2.07. The first kappa shape index (κ1) is 51.2. The molecule has 0 radical (unpaired) electrons. The zero-order valence-corrected chi connectivity index (χ0v) is 38.1. The van der Waals surface area contributed by atoms with Crippen LogP contribution in [0.15, 0.2) is 12.4 Å². The molecule has 1 aromatic rings. The number of unbranched alkanes of at least 4 members (excludes halogenated alkanes) is 40. The third-order valence-corrected chi connectivity index (χ3v) is 12.6. The Morgan fingerprint density at radius 2 is 0.574 bits per heavy atom. The van der Waals surface area contributed by atoms with Gasteiger partial charge in [0.05, 0.1) is 13.1 Å². The second kappa shape index (κ2) is 43.3. The Bertz CT molecular complexity index is 826. The average Bonchev–Trinajstić information content (AvgIpc) is 3.57. The van der Waals surface area contributed by atoms with Gasteiger partial charge in [-0.2, -0.15) is 0 Å². The van der Waals surface area contributed by atoms with Crippen molar-refractivity contribution in [1.29, 1.82) is 0 Å². The highest BCUT2D eigenvalue weighted by Gasteiger charge is 2.16. The Kier molecular flexibility index (Phi) is 41.1. The normalized spacial score (nSPS) is 11.7. The number of aromatic nitrogens is 2. The van der Waals surface area contributed by atoms with E-state index in [4.69, 9.17) is 0 Å². The van der Waals surface area contributed by atoms with Crippen LogP contribution in [-0.2, 0) is 19.5 Å². The van der Waals surface area contributed by atoms with Gasteiger partial charge in [-0.05, 0) is 32.1 Å². The SMILES string of the molecule is CCCCCCCCCCCCCCCCCCCc1n(CCCCCCCCCCCCCCCCC)cc[n+]1CCCCCCCCCCCCC. The third-order valence-electron chi connectivity index (χ3n) is 12.6. The van der Waals surface area contributed by atoms with Crippen molar-refractivity contribution in [1.82, 2.24) is 4.57 Å². The lowest BCUT2D eigenvalue weighted by molar-refractivity contribution is -0.704. The number of imidazole rings is 1. The number of nitrogens with zero attached hydrogens (tertiary/aromatic N) is 2. The topological polar surface area (TPSA) is 8.81 Å². The predicted octanol–water partition coefficient (Wildman–Crippen LogP) is 18.2. The van der Waals surface area contributed by atoms with Crippen molar-refractivity contribution in [3.8, 4) is 0 Å². The van der Waals surface area contributed by atoms with Crippen molar-refractivity contribution in [2.24, 2.45) is 0 Å². The minimum absolute atomic E-state index is 1.23. The molecular formula is C52H103N2+. The first-order valence-electron chi connectivity index (χ1n) is 25.9. The van der Waals surface area contributed by atoms with E-state index in [0.717, 1.165) is 0 Å². The van der Waals surface area contributed by atoms with E-state index in [9.17, 15) is 0 Å². The molecular weight excluding hydrogens is 653 g/mol. The molecule has 0 aromatic carbocycles. The Hall–Kier alpha value is -0.790. The summed E-state index contributed by atoms with van der Waals surface area (Å²) in [7, 11) is 0. The fourth-order valence-electron chi connectivity index (χ4n) is 8.80. The average molecular weight is 756 g/mol. The van der Waals surface area contributed by atoms with Gasteiger partial charge in [-0.3, -0.25) is 0 Å². The van der Waals surface area contributed by atoms with E-state index in [-0.39, 0.29) is 0 Å². The molecule has 1 heterocycles. The van der Waals surface area contributed by atoms with Gasteiger partial charge >= 0.3 is 0 Å². The van der Waals surface area contributed by atoms with E-state index in [1.165, 1.54) is 296 Å². The van der Waals surface area contributed by atoms with Gasteiger partial charge in [0.25, 0.3) is 5.82 Å². The fraction of sp³-hybridized carbons (Fsp3) is 0.942. The van der Waals surface area contributed by atoms with Crippen molar-refractivity contribution in [3.05, 3.63) is 18.2 Å². The minimum Gasteiger partial charge on any atom is -0.234 e. The molecule has 0 saturated heterocycles. The summed E-state index contributed by atoms with van der Waals surface area (Å²) < 4.78 is 5.32. The van der Waals surface area contributed by atoms with E-state index >= 15 is 0 Å². The van der Waals surface area contributed by atoms with Crippen molar-refractivity contribution >= 4 is 0 Å². The van der Waals surface area contributed by atoms with Gasteiger partial charge < -0.3 is 0 Å². The molecule has 0 fully saturated rings. The lowest BCUT2D eigenvalue weighted by atomic mass is 10.0. The summed E-state index contributed by atoms with van der Waals surface area (Å²) in [6.45, 7) is 9.42. The van der Waals surface area contributed by atoms with E-state index in [2.05, 4.69) is 42.3 Å². The molecule has 0 saturated carbocycles. The van der Waals surface area contributed by atoms with Gasteiger partial charge in [-0.1, -0.05) is 265 Å². The van der Waals surface area contributed by atoms with E-state index < -0.39 is 0 Å². The van der Waals surface area contributed by atoms with Crippen LogP contribution in [0.3, 0.4) is 0 Å². The molecule has 1 rings (SSSR count). The number of hydrogen-bond acceptors (Lipinski definition) is 0. The maximum Gasteiger partial charge on any atom is 0.256 e. The van der Waals surface area contributed by atoms with Crippen LogP contribution < -0.4 is 4.57 Å². The smallest absolute Gasteiger partial charge is 0.234 e. The van der Waals surface area contributed by atoms with Crippen LogP contribution >= 0.6 is 0 Å². The molecule has 0 aliphatic heterocycles. The molecule has 54 heavy (non-hydrogen) atoms. The number of aryl methyl sites for hydroxylation is 2. The zero-order chi connectivity index (χ0) is 38.7. The quantitative estimate of drug-likeness (QED) is 0.0463. The molecule has 0 atom stereocenters. The molecule has 0 aliphatic rings. The molecule has 2 heteroatoms. The first-order valence-corrected chi connectivity index (χ1v) is 25.9. The van der Waals surface area contributed by atoms with Gasteiger partial charge in [0, 0.05) is 6.42 Å². The van der Waals surface area contributed by atoms with Crippen molar-refractivity contribution in [2.75, 3.05) is 0 Å². The molecule has 0 bridgehead atoms. The fourth-order valence-corrected chi connectivity index (χ4v) is 8.80. The lowest BCUT2D eigenvalue weighted by Crippen LogP contribution is -2.37. The van der Waals surface area contributed by atoms with Crippen molar-refractivity contribution in [3.63, 3.8) is 0 Å². The third kappa shape index (κ3) is 34.5. The van der Waals surface area contributed by atoms with E-state index in [1.807, 2.05) is 0 Å². The Labute approximate surface area is 342 Å². The molecule has 0 aliphatic carbocycles. The highest BCUT2D eigenvalue weighted by molar-refractivity contribution is 4.84. The Balaban J connectivity index is 2.24. The van der Waals surface area contributed by atoms with Gasteiger partial charge in [-0.25, -0.2) is 9.13 Å². The minimum atomic E-state index is 1.23. The second-order valence-electron chi connectivity index (χ2n) is 18.0. The largest absolute Gasteiger partial charge is 0.256 e. The van der Waals surface area contributed by atoms with Crippen LogP contribution in [0.2, 0.25) is 0 Å². The summed E-state index contributed by atoms with van der Waals surface area (Å²) in [5, 5.41) is 0. The van der Waals surface area contributed by atoms with E-state index in [1.54, 1.807) is 5.82 Å². The van der Waals surface area contributed by atoms with Crippen LogP contribution in [-0.4, -0.2) is 4.57 Å². The van der Waals surface area contributed by atoms with Crippen molar-refractivity contribution in [2.45, 2.75) is 316 Å². The zero-order valence-electron chi connectivity index (χ0n) is 38.1. The van der Waals surface area contributed by atoms with Crippen LogP contribution in [0.1, 0.15) is 303 Å². The van der Waals surface area contributed by atoms with Crippen LogP contribution in [0, 0.1) is 0 Å². The van der Waals surface area contributed by atoms with Crippen molar-refractivity contribution < 1.29 is 4.57 Å². The monoisotopic (exact) mass is 756 g/mol. The molecule has 0 amide bonds. The molecule has 1 aromatic heterocycles. The molecule has 0 N–H and O–H groups in total. The Morgan fingerprint density at radius 3 is 0.889 bits per heavy atom. The highest BCUT2D eigenvalue weighted by Crippen LogP contribution is 2.17. The second-order valence-corrected chi connectivity index (χ2v) is 18.0. The Morgan fingerprint density at radius 1 is 0.315 bits per heavy atom. The molecule has 2 nitrogen and oxygen atoms in total. The summed E-state index contributed by atoms with van der Waals surface area (Å²) in [5.41, 5.74) is 0. The van der Waals surface area contributed by atoms with Crippen LogP contribution in [0.5, 0.6) is 0 Å². The highest BCUT2D eigenvalue weighted by atomic mass is 15.1. The molecule has 0 unspecified atom stereocenters.